The number of rotatable bonds is 10. The Kier molecular flexibility index (Phi) is 10.6. The highest BCUT2D eigenvalue weighted by Crippen LogP contribution is 2.24. The maximum absolute atomic E-state index is 13.0. The van der Waals surface area contributed by atoms with Crippen molar-refractivity contribution in [2.75, 3.05) is 43.7 Å². The number of hydrogen-bond acceptors (Lipinski definition) is 7. The van der Waals surface area contributed by atoms with E-state index >= 15 is 0 Å². The van der Waals surface area contributed by atoms with Crippen LogP contribution in [0, 0.1) is 0 Å². The van der Waals surface area contributed by atoms with Gasteiger partial charge in [-0.1, -0.05) is 24.3 Å². The summed E-state index contributed by atoms with van der Waals surface area (Å²) < 4.78 is 10.5. The van der Waals surface area contributed by atoms with Gasteiger partial charge in [0.2, 0.25) is 0 Å². The molecule has 0 aliphatic heterocycles. The summed E-state index contributed by atoms with van der Waals surface area (Å²) in [4.78, 5) is 44.4. The van der Waals surface area contributed by atoms with Gasteiger partial charge in [-0.3, -0.25) is 15.1 Å². The lowest BCUT2D eigenvalue weighted by atomic mass is 10.1. The summed E-state index contributed by atoms with van der Waals surface area (Å²) in [6.07, 6.45) is 1.56. The number of nitrogens with zero attached hydrogens (tertiary/aromatic N) is 2. The molecule has 0 fully saturated rings. The number of anilines is 3. The van der Waals surface area contributed by atoms with Crippen molar-refractivity contribution in [2.24, 2.45) is 0 Å². The molecule has 0 bridgehead atoms. The highest BCUT2D eigenvalue weighted by Gasteiger charge is 2.19. The van der Waals surface area contributed by atoms with Gasteiger partial charge in [-0.2, -0.15) is 0 Å². The van der Waals surface area contributed by atoms with E-state index in [0.29, 0.717) is 35.8 Å². The second-order valence-electron chi connectivity index (χ2n) is 10.6. The van der Waals surface area contributed by atoms with E-state index in [0.717, 1.165) is 5.56 Å². The molecule has 0 spiro atoms. The van der Waals surface area contributed by atoms with Crippen LogP contribution >= 0.6 is 0 Å². The first-order valence-electron chi connectivity index (χ1n) is 13.2. The van der Waals surface area contributed by atoms with Gasteiger partial charge in [0, 0.05) is 18.0 Å². The first-order chi connectivity index (χ1) is 19.4. The van der Waals surface area contributed by atoms with E-state index in [2.05, 4.69) is 26.3 Å². The molecule has 1 aromatic heterocycles. The highest BCUT2D eigenvalue weighted by atomic mass is 16.6. The van der Waals surface area contributed by atoms with Gasteiger partial charge in [-0.25, -0.2) is 9.59 Å². The summed E-state index contributed by atoms with van der Waals surface area (Å²) in [6.45, 7) is 6.02. The number of pyridine rings is 1. The minimum atomic E-state index is -0.664. The number of amides is 4. The molecular weight excluding hydrogens is 524 g/mol. The minimum Gasteiger partial charge on any atom is -0.497 e. The average Bonchev–Trinajstić information content (AvgIpc) is 2.91. The number of carbonyl (C=O) groups excluding carboxylic acids is 3. The second-order valence-corrected chi connectivity index (χ2v) is 10.6. The molecule has 4 amide bonds. The maximum Gasteiger partial charge on any atom is 0.412 e. The van der Waals surface area contributed by atoms with Crippen molar-refractivity contribution in [3.63, 3.8) is 0 Å². The zero-order chi connectivity index (χ0) is 30.0. The van der Waals surface area contributed by atoms with Crippen LogP contribution in [0.15, 0.2) is 66.9 Å². The predicted molar refractivity (Wildman–Crippen MR) is 160 cm³/mol. The predicted octanol–water partition coefficient (Wildman–Crippen LogP) is 5.50. The molecule has 0 aliphatic carbocycles. The Balaban J connectivity index is 1.70. The topological polar surface area (TPSA) is 134 Å². The number of benzene rings is 2. The third-order valence-corrected chi connectivity index (χ3v) is 5.73. The number of methoxy groups -OCH3 is 1. The number of nitrogens with one attached hydrogen (secondary N) is 4. The first-order valence-corrected chi connectivity index (χ1v) is 13.2. The molecule has 0 saturated carbocycles. The Hall–Kier alpha value is -4.64. The molecule has 1 atom stereocenters. The van der Waals surface area contributed by atoms with Gasteiger partial charge in [-0.15, -0.1) is 0 Å². The number of urea groups is 1. The molecule has 0 aliphatic rings. The molecule has 11 nitrogen and oxygen atoms in total. The summed E-state index contributed by atoms with van der Waals surface area (Å²) in [6, 6.07) is 16.5. The van der Waals surface area contributed by atoms with E-state index in [1.54, 1.807) is 94.7 Å². The van der Waals surface area contributed by atoms with Crippen LogP contribution in [0.5, 0.6) is 5.75 Å². The highest BCUT2D eigenvalue weighted by molar-refractivity contribution is 6.05. The van der Waals surface area contributed by atoms with Crippen LogP contribution in [0.25, 0.3) is 0 Å². The Morgan fingerprint density at radius 3 is 2.24 bits per heavy atom. The van der Waals surface area contributed by atoms with Crippen molar-refractivity contribution < 1.29 is 23.9 Å². The smallest absolute Gasteiger partial charge is 0.412 e. The van der Waals surface area contributed by atoms with E-state index in [-0.39, 0.29) is 17.8 Å². The van der Waals surface area contributed by atoms with Crippen LogP contribution in [0.4, 0.5) is 26.7 Å². The van der Waals surface area contributed by atoms with Gasteiger partial charge in [0.25, 0.3) is 5.91 Å². The third-order valence-electron chi connectivity index (χ3n) is 5.73. The molecule has 3 rings (SSSR count). The maximum atomic E-state index is 13.0. The fraction of sp³-hybridized carbons (Fsp3) is 0.333. The summed E-state index contributed by atoms with van der Waals surface area (Å²) in [5, 5.41) is 11.3. The molecule has 1 unspecified atom stereocenters. The lowest BCUT2D eigenvalue weighted by Crippen LogP contribution is -2.34. The number of hydrogen-bond donors (Lipinski definition) is 4. The Labute approximate surface area is 240 Å². The average molecular weight is 563 g/mol. The van der Waals surface area contributed by atoms with Gasteiger partial charge in [0.15, 0.2) is 0 Å². The number of para-hydroxylation sites is 2. The molecule has 0 saturated heterocycles. The lowest BCUT2D eigenvalue weighted by Gasteiger charge is -2.21. The van der Waals surface area contributed by atoms with Gasteiger partial charge in [-0.05, 0) is 83.7 Å². The summed E-state index contributed by atoms with van der Waals surface area (Å²) in [5.74, 6) is 0.178. The number of ether oxygens (including phenoxy) is 2. The van der Waals surface area contributed by atoms with Gasteiger partial charge >= 0.3 is 12.1 Å². The van der Waals surface area contributed by atoms with E-state index in [4.69, 9.17) is 9.47 Å². The summed E-state index contributed by atoms with van der Waals surface area (Å²) in [5.41, 5.74) is 1.64. The molecular formula is C30H38N6O5. The van der Waals surface area contributed by atoms with Crippen molar-refractivity contribution in [3.05, 3.63) is 78.1 Å². The number of carbonyl (C=O) groups is 3. The van der Waals surface area contributed by atoms with Crippen LogP contribution in [0.2, 0.25) is 0 Å². The van der Waals surface area contributed by atoms with Crippen molar-refractivity contribution in [3.8, 4) is 5.75 Å². The van der Waals surface area contributed by atoms with E-state index < -0.39 is 17.6 Å². The molecule has 3 aromatic rings. The summed E-state index contributed by atoms with van der Waals surface area (Å²) in [7, 11) is 5.47. The van der Waals surface area contributed by atoms with E-state index in [1.807, 2.05) is 19.0 Å². The minimum absolute atomic E-state index is 0.174. The second kappa shape index (κ2) is 14.1. The quantitative estimate of drug-likeness (QED) is 0.256. The van der Waals surface area contributed by atoms with Gasteiger partial charge in [0.05, 0.1) is 24.5 Å². The zero-order valence-electron chi connectivity index (χ0n) is 24.3. The number of aromatic nitrogens is 1. The molecule has 1 heterocycles. The van der Waals surface area contributed by atoms with Crippen molar-refractivity contribution >= 4 is 35.1 Å². The van der Waals surface area contributed by atoms with Crippen molar-refractivity contribution in [1.29, 1.82) is 0 Å². The molecule has 0 radical (unpaired) electrons. The molecule has 11 heteroatoms. The largest absolute Gasteiger partial charge is 0.497 e. The summed E-state index contributed by atoms with van der Waals surface area (Å²) >= 11 is 0. The van der Waals surface area contributed by atoms with E-state index in [9.17, 15) is 14.4 Å². The van der Waals surface area contributed by atoms with Crippen LogP contribution in [-0.2, 0) is 4.74 Å². The SMILES string of the molecule is COc1cccc(NC(=O)NC(CCN(C)C)c2ccc(C(=O)Nc3ccccc3NC(=O)OC(C)(C)C)nc2)c1. The van der Waals surface area contributed by atoms with E-state index in [1.165, 1.54) is 0 Å². The van der Waals surface area contributed by atoms with Crippen LogP contribution in [0.3, 0.4) is 0 Å². The Morgan fingerprint density at radius 1 is 0.927 bits per heavy atom. The zero-order valence-corrected chi connectivity index (χ0v) is 24.3. The van der Waals surface area contributed by atoms with Crippen LogP contribution < -0.4 is 26.0 Å². The van der Waals surface area contributed by atoms with Crippen LogP contribution in [-0.4, -0.2) is 61.3 Å². The molecule has 41 heavy (non-hydrogen) atoms. The Morgan fingerprint density at radius 2 is 1.63 bits per heavy atom. The van der Waals surface area contributed by atoms with Gasteiger partial charge in [0.1, 0.15) is 17.0 Å². The van der Waals surface area contributed by atoms with Crippen molar-refractivity contribution in [1.82, 2.24) is 15.2 Å². The fourth-order valence-corrected chi connectivity index (χ4v) is 3.78. The molecule has 2 aromatic carbocycles. The molecule has 4 N–H and O–H groups in total. The normalized spacial score (nSPS) is 11.8. The lowest BCUT2D eigenvalue weighted by molar-refractivity contribution is 0.0635. The Bertz CT molecular complexity index is 1340. The van der Waals surface area contributed by atoms with Crippen molar-refractivity contribution in [2.45, 2.75) is 38.8 Å². The standard InChI is InChI=1S/C30H38N6O5/c1-30(2,3)41-29(39)35-25-13-8-7-12-24(25)33-27(37)26-15-14-20(19-31-26)23(16-17-36(4)5)34-28(38)32-21-10-9-11-22(18-21)40-6/h7-15,18-19,23H,16-17H2,1-6H3,(H,33,37)(H,35,39)(H2,32,34,38). The molecule has 218 valence electrons. The first kappa shape index (κ1) is 30.9. The fourth-order valence-electron chi connectivity index (χ4n) is 3.78. The monoisotopic (exact) mass is 562 g/mol. The van der Waals surface area contributed by atoms with Gasteiger partial charge < -0.3 is 30.3 Å². The van der Waals surface area contributed by atoms with Crippen LogP contribution in [0.1, 0.15) is 49.3 Å². The third kappa shape index (κ3) is 10.1.